The van der Waals surface area contributed by atoms with Crippen LogP contribution >= 0.6 is 0 Å². The van der Waals surface area contributed by atoms with Crippen LogP contribution in [-0.4, -0.2) is 6.88 Å². The molecule has 4 aromatic carbocycles. The molecule has 0 N–H and O–H groups in total. The Balaban J connectivity index is 0.00000185. The monoisotopic (exact) mass is 628 g/mol. The van der Waals surface area contributed by atoms with Gasteiger partial charge in [0.05, 0.1) is 0 Å². The van der Waals surface area contributed by atoms with Gasteiger partial charge in [-0.25, -0.2) is 0 Å². The van der Waals surface area contributed by atoms with Crippen molar-refractivity contribution in [2.75, 3.05) is 0 Å². The van der Waals surface area contributed by atoms with E-state index in [0.717, 1.165) is 12.8 Å². The number of benzene rings is 4. The van der Waals surface area contributed by atoms with Gasteiger partial charge in [-0.1, -0.05) is 0 Å². The van der Waals surface area contributed by atoms with Crippen molar-refractivity contribution < 1.29 is 26.8 Å². The van der Waals surface area contributed by atoms with Gasteiger partial charge in [0.2, 0.25) is 0 Å². The van der Waals surface area contributed by atoms with Crippen LogP contribution < -0.4 is 0 Å². The van der Waals surface area contributed by atoms with Crippen molar-refractivity contribution in [1.29, 1.82) is 0 Å². The van der Waals surface area contributed by atoms with Crippen molar-refractivity contribution in [3.05, 3.63) is 130 Å². The van der Waals surface area contributed by atoms with Gasteiger partial charge in [-0.05, 0) is 0 Å². The van der Waals surface area contributed by atoms with E-state index in [1.807, 2.05) is 0 Å². The Kier molecular flexibility index (Phi) is 8.56. The van der Waals surface area contributed by atoms with E-state index in [9.17, 15) is 0 Å². The zero-order chi connectivity index (χ0) is 26.5. The Bertz CT molecular complexity index is 1540. The van der Waals surface area contributed by atoms with Gasteiger partial charge in [-0.2, -0.15) is 0 Å². The second-order valence-electron chi connectivity index (χ2n) is 12.3. The molecule has 0 heterocycles. The van der Waals surface area contributed by atoms with Crippen LogP contribution in [0.4, 0.5) is 9.41 Å². The van der Waals surface area contributed by atoms with E-state index < -0.39 is 17.4 Å². The van der Waals surface area contributed by atoms with Gasteiger partial charge in [0.15, 0.2) is 0 Å². The van der Waals surface area contributed by atoms with Crippen LogP contribution in [0.3, 0.4) is 0 Å². The fourth-order valence-corrected chi connectivity index (χ4v) is 27.9. The van der Waals surface area contributed by atoms with E-state index in [1.54, 1.807) is 22.3 Å². The predicted octanol–water partition coefficient (Wildman–Crippen LogP) is 10.1. The summed E-state index contributed by atoms with van der Waals surface area (Å²) < 4.78 is 6.64. The van der Waals surface area contributed by atoms with Crippen molar-refractivity contribution in [3.63, 3.8) is 0 Å². The molecular formula is C36H40F2SiZr. The molecule has 0 bridgehead atoms. The van der Waals surface area contributed by atoms with E-state index in [-0.39, 0.29) is 9.41 Å². The molecule has 0 nitrogen and oxygen atoms in total. The van der Waals surface area contributed by atoms with E-state index in [4.69, 9.17) is 0 Å². The summed E-state index contributed by atoms with van der Waals surface area (Å²) in [5.74, 6) is 0. The van der Waals surface area contributed by atoms with Crippen LogP contribution in [0.15, 0.2) is 108 Å². The molecule has 0 aliphatic heterocycles. The molecule has 0 saturated heterocycles. The molecule has 2 aliphatic rings. The Morgan fingerprint density at radius 1 is 0.550 bits per heavy atom. The maximum atomic E-state index is 2.76. The fraction of sp³-hybridized carbons (Fsp3) is 0.222. The van der Waals surface area contributed by atoms with E-state index in [0.29, 0.717) is 7.25 Å². The fourth-order valence-electron chi connectivity index (χ4n) is 7.69. The Labute approximate surface area is 240 Å². The van der Waals surface area contributed by atoms with Crippen LogP contribution in [-0.2, 0) is 17.4 Å². The second-order valence-corrected chi connectivity index (χ2v) is 42.8. The summed E-state index contributed by atoms with van der Waals surface area (Å²) in [6.07, 6.45) is 7.38. The molecule has 0 saturated carbocycles. The van der Waals surface area contributed by atoms with Crippen molar-refractivity contribution >= 4 is 19.0 Å². The van der Waals surface area contributed by atoms with Gasteiger partial charge in [-0.15, -0.1) is 0 Å². The first-order chi connectivity index (χ1) is 18.3. The normalized spacial score (nSPS) is 17.6. The summed E-state index contributed by atoms with van der Waals surface area (Å²) in [4.78, 5) is 0. The number of fused-ring (bicyclic) bond motifs is 2. The minimum absolute atomic E-state index is 0. The summed E-state index contributed by atoms with van der Waals surface area (Å²) in [6, 6.07) is 36.1. The number of allylic oxidation sites excluding steroid dienone is 2. The van der Waals surface area contributed by atoms with Crippen molar-refractivity contribution in [2.45, 2.75) is 43.2 Å². The van der Waals surface area contributed by atoms with Crippen LogP contribution in [0, 0.1) is 0 Å². The van der Waals surface area contributed by atoms with Crippen LogP contribution in [0.2, 0.25) is 9.26 Å². The van der Waals surface area contributed by atoms with Gasteiger partial charge >= 0.3 is 232 Å². The Hall–Kier alpha value is -2.68. The molecule has 0 aromatic heterocycles. The molecule has 0 amide bonds. The van der Waals surface area contributed by atoms with Crippen molar-refractivity contribution in [2.24, 2.45) is 0 Å². The summed E-state index contributed by atoms with van der Waals surface area (Å²) in [5, 5.41) is 0. The molecule has 0 fully saturated rings. The molecule has 206 valence electrons. The standard InChI is InChI=1S/2C17H15.2CH3.2FH.H2Si.Zr/c2*1-2-13-11-15-9-6-10-16(17(15)12-13)14-7-4-3-5-8-14;;;;;;/h2*3-12H,2H2,1H3;2*1H3;2*1H;1H2;. The minimum Gasteiger partial charge on any atom is -0.269 e. The molecule has 2 atom stereocenters. The average Bonchev–Trinajstić information content (AvgIpc) is 3.53. The third-order valence-corrected chi connectivity index (χ3v) is 26.7. The first kappa shape index (κ1) is 30.3. The number of halogens is 2. The van der Waals surface area contributed by atoms with E-state index in [1.165, 1.54) is 33.4 Å². The first-order valence-corrected chi connectivity index (χ1v) is 27.8. The van der Waals surface area contributed by atoms with E-state index in [2.05, 4.69) is 139 Å². The smallest absolute Gasteiger partial charge is 0.269 e. The predicted molar refractivity (Wildman–Crippen MR) is 171 cm³/mol. The van der Waals surface area contributed by atoms with Gasteiger partial charge in [0.1, 0.15) is 0 Å². The summed E-state index contributed by atoms with van der Waals surface area (Å²) in [5.41, 5.74) is 14.8. The molecule has 6 rings (SSSR count). The Morgan fingerprint density at radius 2 is 0.925 bits per heavy atom. The molecule has 0 spiro atoms. The molecule has 40 heavy (non-hydrogen) atoms. The number of rotatable bonds is 6. The molecule has 4 heteroatoms. The molecule has 4 aromatic rings. The molecule has 2 aliphatic carbocycles. The number of hydrogen-bond donors (Lipinski definition) is 0. The first-order valence-electron chi connectivity index (χ1n) is 14.2. The zero-order valence-electron chi connectivity index (χ0n) is 24.0. The minimum atomic E-state index is -3.55. The summed E-state index contributed by atoms with van der Waals surface area (Å²) in [7, 11) is 0. The summed E-state index contributed by atoms with van der Waals surface area (Å²) in [6.45, 7) is 7.19. The van der Waals surface area contributed by atoms with Gasteiger partial charge in [0, 0.05) is 0 Å². The van der Waals surface area contributed by atoms with Gasteiger partial charge < -0.3 is 0 Å². The van der Waals surface area contributed by atoms with Crippen LogP contribution in [0.25, 0.3) is 34.4 Å². The maximum absolute atomic E-state index is 3.55. The second kappa shape index (κ2) is 11.3. The van der Waals surface area contributed by atoms with Crippen LogP contribution in [0.1, 0.15) is 56.2 Å². The third-order valence-electron chi connectivity index (χ3n) is 9.19. The molecular weight excluding hydrogens is 590 g/mol. The SMILES string of the molecule is CCC1=Cc2c(-c3ccccc3)cccc2[CH]1[Zr]([CH3])([CH3])(=[SiH2])[CH]1C(CC)=Cc2c(-c3ccccc3)cccc21.F.F. The topological polar surface area (TPSA) is 0 Å². The summed E-state index contributed by atoms with van der Waals surface area (Å²) >= 11 is -3.55. The largest absolute Gasteiger partial charge is 0.269 e. The zero-order valence-corrected chi connectivity index (χ0v) is 27.9. The van der Waals surface area contributed by atoms with Gasteiger partial charge in [-0.3, -0.25) is 9.41 Å². The van der Waals surface area contributed by atoms with E-state index >= 15 is 0 Å². The average molecular weight is 630 g/mol. The maximum Gasteiger partial charge on any atom is -0.269 e. The third kappa shape index (κ3) is 4.78. The van der Waals surface area contributed by atoms with Gasteiger partial charge in [0.25, 0.3) is 0 Å². The van der Waals surface area contributed by atoms with Crippen molar-refractivity contribution in [3.8, 4) is 22.3 Å². The molecule has 0 radical (unpaired) electrons. The van der Waals surface area contributed by atoms with Crippen LogP contribution in [0.5, 0.6) is 0 Å². The Morgan fingerprint density at radius 3 is 1.27 bits per heavy atom. The van der Waals surface area contributed by atoms with Crippen molar-refractivity contribution in [1.82, 2.24) is 0 Å². The quantitative estimate of drug-likeness (QED) is 0.186. The number of hydrogen-bond acceptors (Lipinski definition) is 0. The molecule has 2 unspecified atom stereocenters.